The Kier molecular flexibility index (Phi) is 12.9. The van der Waals surface area contributed by atoms with Crippen molar-refractivity contribution in [1.29, 1.82) is 0 Å². The molecule has 0 heterocycles. The van der Waals surface area contributed by atoms with E-state index in [1.54, 1.807) is 0 Å². The second-order valence-electron chi connectivity index (χ2n) is 4.10. The lowest BCUT2D eigenvalue weighted by Crippen LogP contribution is -2.33. The summed E-state index contributed by atoms with van der Waals surface area (Å²) < 4.78 is 5.52. The van der Waals surface area contributed by atoms with Crippen LogP contribution < -0.4 is 5.32 Å². The molecule has 0 radical (unpaired) electrons. The number of hydrogen-bond donors (Lipinski definition) is 1. The van der Waals surface area contributed by atoms with Crippen LogP contribution in [-0.2, 0) is 4.74 Å². The van der Waals surface area contributed by atoms with Crippen molar-refractivity contribution >= 4 is 0 Å². The minimum absolute atomic E-state index is 0.849. The molecule has 1 N–H and O–H groups in total. The normalized spacial score (nSPS) is 11.2. The fourth-order valence-electron chi connectivity index (χ4n) is 1.60. The van der Waals surface area contributed by atoms with Crippen molar-refractivity contribution in [3.05, 3.63) is 0 Å². The zero-order valence-corrected chi connectivity index (χ0v) is 11.4. The second-order valence-corrected chi connectivity index (χ2v) is 4.10. The number of rotatable bonds is 12. The summed E-state index contributed by atoms with van der Waals surface area (Å²) in [5.74, 6) is 0. The molecule has 0 aromatic rings. The van der Waals surface area contributed by atoms with Gasteiger partial charge in [0, 0.05) is 26.2 Å². The summed E-state index contributed by atoms with van der Waals surface area (Å²) in [5, 5.41) is 3.41. The molecule has 0 saturated carbocycles. The lowest BCUT2D eigenvalue weighted by Gasteiger charge is -2.17. The highest BCUT2D eigenvalue weighted by molar-refractivity contribution is 4.55. The molecule has 0 fully saturated rings. The number of likely N-dealkylation sites (N-methyl/N-ethyl adjacent to an activating group) is 1. The van der Waals surface area contributed by atoms with Crippen LogP contribution in [0.4, 0.5) is 0 Å². The standard InChI is InChI=1S/C13H30N2O/c1-4-7-8-12-16-13-10-14-9-11-15(5-2)6-3/h14H,4-13H2,1-3H3. The third-order valence-corrected chi connectivity index (χ3v) is 2.81. The molecular formula is C13H30N2O. The molecule has 0 aromatic heterocycles. The summed E-state index contributed by atoms with van der Waals surface area (Å²) in [6, 6.07) is 0. The van der Waals surface area contributed by atoms with Gasteiger partial charge in [-0.1, -0.05) is 33.6 Å². The molecule has 0 aliphatic rings. The highest BCUT2D eigenvalue weighted by Gasteiger charge is 1.96. The predicted molar refractivity (Wildman–Crippen MR) is 71.0 cm³/mol. The third kappa shape index (κ3) is 10.4. The van der Waals surface area contributed by atoms with Gasteiger partial charge in [0.15, 0.2) is 0 Å². The van der Waals surface area contributed by atoms with Crippen LogP contribution in [-0.4, -0.2) is 50.8 Å². The van der Waals surface area contributed by atoms with E-state index >= 15 is 0 Å². The molecule has 0 aliphatic carbocycles. The van der Waals surface area contributed by atoms with E-state index in [-0.39, 0.29) is 0 Å². The molecule has 0 bridgehead atoms. The van der Waals surface area contributed by atoms with Crippen molar-refractivity contribution in [3.8, 4) is 0 Å². The Morgan fingerprint density at radius 2 is 1.69 bits per heavy atom. The highest BCUT2D eigenvalue weighted by Crippen LogP contribution is 1.93. The molecule has 0 aliphatic heterocycles. The van der Waals surface area contributed by atoms with Gasteiger partial charge in [0.25, 0.3) is 0 Å². The summed E-state index contributed by atoms with van der Waals surface area (Å²) in [4.78, 5) is 2.43. The lowest BCUT2D eigenvalue weighted by molar-refractivity contribution is 0.131. The monoisotopic (exact) mass is 230 g/mol. The zero-order chi connectivity index (χ0) is 12.1. The molecule has 16 heavy (non-hydrogen) atoms. The summed E-state index contributed by atoms with van der Waals surface area (Å²) >= 11 is 0. The Labute approximate surface area is 102 Å². The maximum Gasteiger partial charge on any atom is 0.0590 e. The van der Waals surface area contributed by atoms with Crippen LogP contribution in [0.15, 0.2) is 0 Å². The Balaban J connectivity index is 3.03. The Morgan fingerprint density at radius 1 is 0.938 bits per heavy atom. The average molecular weight is 230 g/mol. The summed E-state index contributed by atoms with van der Waals surface area (Å²) in [5.41, 5.74) is 0. The van der Waals surface area contributed by atoms with E-state index in [0.29, 0.717) is 0 Å². The fourth-order valence-corrected chi connectivity index (χ4v) is 1.60. The van der Waals surface area contributed by atoms with Gasteiger partial charge in [0.05, 0.1) is 6.61 Å². The Morgan fingerprint density at radius 3 is 2.31 bits per heavy atom. The molecular weight excluding hydrogens is 200 g/mol. The van der Waals surface area contributed by atoms with E-state index in [1.807, 2.05) is 0 Å². The van der Waals surface area contributed by atoms with Crippen molar-refractivity contribution in [2.75, 3.05) is 45.9 Å². The number of unbranched alkanes of at least 4 members (excludes halogenated alkanes) is 2. The van der Waals surface area contributed by atoms with Gasteiger partial charge in [-0.25, -0.2) is 0 Å². The van der Waals surface area contributed by atoms with Gasteiger partial charge in [-0.15, -0.1) is 0 Å². The fraction of sp³-hybridized carbons (Fsp3) is 1.00. The molecule has 0 atom stereocenters. The number of nitrogens with one attached hydrogen (secondary N) is 1. The molecule has 0 saturated heterocycles. The topological polar surface area (TPSA) is 24.5 Å². The molecule has 3 nitrogen and oxygen atoms in total. The van der Waals surface area contributed by atoms with Crippen molar-refractivity contribution in [1.82, 2.24) is 10.2 Å². The van der Waals surface area contributed by atoms with E-state index in [4.69, 9.17) is 4.74 Å². The van der Waals surface area contributed by atoms with Crippen LogP contribution in [0, 0.1) is 0 Å². The van der Waals surface area contributed by atoms with Gasteiger partial charge in [-0.3, -0.25) is 0 Å². The summed E-state index contributed by atoms with van der Waals surface area (Å²) in [7, 11) is 0. The minimum Gasteiger partial charge on any atom is -0.380 e. The van der Waals surface area contributed by atoms with Crippen LogP contribution in [0.5, 0.6) is 0 Å². The van der Waals surface area contributed by atoms with Crippen molar-refractivity contribution in [3.63, 3.8) is 0 Å². The SMILES string of the molecule is CCCCCOCCNCCN(CC)CC. The molecule has 0 rings (SSSR count). The van der Waals surface area contributed by atoms with Crippen LogP contribution in [0.3, 0.4) is 0 Å². The first-order chi connectivity index (χ1) is 7.85. The van der Waals surface area contributed by atoms with Crippen LogP contribution in [0.25, 0.3) is 0 Å². The Hall–Kier alpha value is -0.120. The molecule has 0 amide bonds. The molecule has 0 spiro atoms. The van der Waals surface area contributed by atoms with Gasteiger partial charge in [-0.2, -0.15) is 0 Å². The third-order valence-electron chi connectivity index (χ3n) is 2.81. The summed E-state index contributed by atoms with van der Waals surface area (Å²) in [6.07, 6.45) is 3.76. The highest BCUT2D eigenvalue weighted by atomic mass is 16.5. The van der Waals surface area contributed by atoms with Crippen LogP contribution in [0.1, 0.15) is 40.0 Å². The first-order valence-electron chi connectivity index (χ1n) is 6.85. The van der Waals surface area contributed by atoms with Gasteiger partial charge in [0.1, 0.15) is 0 Å². The van der Waals surface area contributed by atoms with Crippen molar-refractivity contribution in [2.45, 2.75) is 40.0 Å². The van der Waals surface area contributed by atoms with Crippen LogP contribution >= 0.6 is 0 Å². The number of ether oxygens (including phenoxy) is 1. The van der Waals surface area contributed by atoms with E-state index in [1.165, 1.54) is 19.3 Å². The maximum atomic E-state index is 5.52. The first kappa shape index (κ1) is 15.9. The quantitative estimate of drug-likeness (QED) is 0.520. The minimum atomic E-state index is 0.849. The van der Waals surface area contributed by atoms with Gasteiger partial charge in [0.2, 0.25) is 0 Å². The van der Waals surface area contributed by atoms with Gasteiger partial charge >= 0.3 is 0 Å². The van der Waals surface area contributed by atoms with E-state index in [0.717, 1.165) is 45.9 Å². The average Bonchev–Trinajstić information content (AvgIpc) is 2.32. The number of nitrogens with zero attached hydrogens (tertiary/aromatic N) is 1. The van der Waals surface area contributed by atoms with Gasteiger partial charge < -0.3 is 15.0 Å². The predicted octanol–water partition coefficient (Wildman–Crippen LogP) is 2.12. The van der Waals surface area contributed by atoms with Crippen molar-refractivity contribution < 1.29 is 4.74 Å². The van der Waals surface area contributed by atoms with E-state index < -0.39 is 0 Å². The molecule has 0 unspecified atom stereocenters. The molecule has 3 heteroatoms. The van der Waals surface area contributed by atoms with E-state index in [2.05, 4.69) is 31.0 Å². The lowest BCUT2D eigenvalue weighted by atomic mass is 10.3. The largest absolute Gasteiger partial charge is 0.380 e. The smallest absolute Gasteiger partial charge is 0.0590 e. The molecule has 98 valence electrons. The zero-order valence-electron chi connectivity index (χ0n) is 11.4. The van der Waals surface area contributed by atoms with Crippen molar-refractivity contribution in [2.24, 2.45) is 0 Å². The molecule has 0 aromatic carbocycles. The maximum absolute atomic E-state index is 5.52. The summed E-state index contributed by atoms with van der Waals surface area (Å²) in [6.45, 7) is 13.9. The Bertz CT molecular complexity index is 127. The number of hydrogen-bond acceptors (Lipinski definition) is 3. The first-order valence-corrected chi connectivity index (χ1v) is 6.85. The van der Waals surface area contributed by atoms with E-state index in [9.17, 15) is 0 Å². The van der Waals surface area contributed by atoms with Crippen LogP contribution in [0.2, 0.25) is 0 Å². The van der Waals surface area contributed by atoms with Gasteiger partial charge in [-0.05, 0) is 19.5 Å². The second kappa shape index (κ2) is 12.9.